The van der Waals surface area contributed by atoms with E-state index in [0.29, 0.717) is 25.1 Å². The van der Waals surface area contributed by atoms with E-state index >= 15 is 0 Å². The lowest BCUT2D eigenvalue weighted by atomic mass is 9.88. The summed E-state index contributed by atoms with van der Waals surface area (Å²) in [6.07, 6.45) is 1.58. The van der Waals surface area contributed by atoms with Gasteiger partial charge in [0.1, 0.15) is 0 Å². The van der Waals surface area contributed by atoms with Gasteiger partial charge < -0.3 is 16.0 Å². The molecule has 0 saturated carbocycles. The van der Waals surface area contributed by atoms with Crippen molar-refractivity contribution in [1.82, 2.24) is 10.2 Å². The molecule has 0 radical (unpaired) electrons. The summed E-state index contributed by atoms with van der Waals surface area (Å²) in [5.41, 5.74) is 7.05. The van der Waals surface area contributed by atoms with E-state index in [4.69, 9.17) is 5.73 Å². The molecule has 1 saturated heterocycles. The molecule has 2 amide bonds. The number of nitrogens with one attached hydrogen (secondary N) is 1. The summed E-state index contributed by atoms with van der Waals surface area (Å²) in [7, 11) is 0. The van der Waals surface area contributed by atoms with Crippen molar-refractivity contribution >= 4 is 24.2 Å². The van der Waals surface area contributed by atoms with Crippen LogP contribution in [0.3, 0.4) is 0 Å². The first-order chi connectivity index (χ1) is 10.9. The van der Waals surface area contributed by atoms with E-state index in [1.54, 1.807) is 0 Å². The summed E-state index contributed by atoms with van der Waals surface area (Å²) < 4.78 is 0. The van der Waals surface area contributed by atoms with Crippen LogP contribution in [0.5, 0.6) is 0 Å². The van der Waals surface area contributed by atoms with Crippen LogP contribution in [-0.2, 0) is 11.3 Å². The van der Waals surface area contributed by atoms with Gasteiger partial charge in [-0.3, -0.25) is 9.59 Å². The van der Waals surface area contributed by atoms with E-state index in [1.165, 1.54) is 0 Å². The third-order valence-electron chi connectivity index (χ3n) is 4.86. The van der Waals surface area contributed by atoms with Crippen molar-refractivity contribution < 1.29 is 9.59 Å². The van der Waals surface area contributed by atoms with Gasteiger partial charge in [0.2, 0.25) is 5.91 Å². The molecule has 6 heteroatoms. The molecule has 1 aromatic rings. The Bertz CT molecular complexity index is 574. The van der Waals surface area contributed by atoms with E-state index in [9.17, 15) is 9.59 Å². The Morgan fingerprint density at radius 3 is 2.42 bits per heavy atom. The number of nitrogens with two attached hydrogens (primary N) is 1. The van der Waals surface area contributed by atoms with Crippen LogP contribution in [0.15, 0.2) is 24.3 Å². The zero-order valence-electron chi connectivity index (χ0n) is 14.7. The molecular formula is C18H28ClN3O2. The smallest absolute Gasteiger partial charge is 0.251 e. The van der Waals surface area contributed by atoms with Crippen LogP contribution in [0.2, 0.25) is 0 Å². The maximum Gasteiger partial charge on any atom is 0.251 e. The molecule has 134 valence electrons. The molecule has 1 atom stereocenters. The Hall–Kier alpha value is -1.59. The van der Waals surface area contributed by atoms with Gasteiger partial charge in [0, 0.05) is 31.6 Å². The third kappa shape index (κ3) is 4.71. The zero-order valence-corrected chi connectivity index (χ0v) is 15.5. The van der Waals surface area contributed by atoms with Gasteiger partial charge in [-0.2, -0.15) is 0 Å². The number of rotatable bonds is 6. The van der Waals surface area contributed by atoms with Gasteiger partial charge in [-0.15, -0.1) is 12.4 Å². The van der Waals surface area contributed by atoms with Crippen LogP contribution >= 0.6 is 12.4 Å². The van der Waals surface area contributed by atoms with E-state index < -0.39 is 5.54 Å². The number of likely N-dealkylation sites (tertiary alicyclic amines) is 1. The highest BCUT2D eigenvalue weighted by Crippen LogP contribution is 2.17. The molecule has 0 aromatic heterocycles. The largest absolute Gasteiger partial charge is 0.345 e. The fraction of sp³-hybridized carbons (Fsp3) is 0.556. The van der Waals surface area contributed by atoms with E-state index in [-0.39, 0.29) is 30.1 Å². The number of carbonyl (C=O) groups is 2. The van der Waals surface area contributed by atoms with Crippen molar-refractivity contribution in [3.63, 3.8) is 0 Å². The summed E-state index contributed by atoms with van der Waals surface area (Å²) in [4.78, 5) is 25.9. The fourth-order valence-electron chi connectivity index (χ4n) is 2.62. The van der Waals surface area contributed by atoms with Crippen LogP contribution in [0, 0.1) is 5.92 Å². The van der Waals surface area contributed by atoms with Crippen LogP contribution in [-0.4, -0.2) is 35.3 Å². The third-order valence-corrected chi connectivity index (χ3v) is 4.86. The molecule has 2 rings (SSSR count). The van der Waals surface area contributed by atoms with Gasteiger partial charge in [-0.1, -0.05) is 26.0 Å². The number of benzene rings is 1. The lowest BCUT2D eigenvalue weighted by Gasteiger charge is -2.33. The average molecular weight is 354 g/mol. The standard InChI is InChI=1S/C18H27N3O2.ClH/c1-13(2)18(3,12-19)20-17(23)15-8-6-14(7-9-15)11-21-10-4-5-16(21)22;/h6-9,13H,4-5,10-12,19H2,1-3H3,(H,20,23);1H. The quantitative estimate of drug-likeness (QED) is 0.824. The number of nitrogens with zero attached hydrogens (tertiary/aromatic N) is 1. The molecule has 1 aliphatic rings. The molecule has 5 nitrogen and oxygen atoms in total. The van der Waals surface area contributed by atoms with E-state index in [2.05, 4.69) is 5.32 Å². The van der Waals surface area contributed by atoms with Crippen molar-refractivity contribution in [2.24, 2.45) is 11.7 Å². The fourth-order valence-corrected chi connectivity index (χ4v) is 2.62. The second-order valence-electron chi connectivity index (χ2n) is 6.85. The SMILES string of the molecule is CC(C)C(C)(CN)NC(=O)c1ccc(CN2CCCC2=O)cc1.Cl. The van der Waals surface area contributed by atoms with Gasteiger partial charge in [-0.05, 0) is 37.0 Å². The van der Waals surface area contributed by atoms with Crippen molar-refractivity contribution in [2.45, 2.75) is 45.7 Å². The maximum absolute atomic E-state index is 12.4. The molecule has 24 heavy (non-hydrogen) atoms. The van der Waals surface area contributed by atoms with Crippen LogP contribution in [0.1, 0.15) is 49.5 Å². The summed E-state index contributed by atoms with van der Waals surface area (Å²) in [6, 6.07) is 7.44. The van der Waals surface area contributed by atoms with Crippen LogP contribution in [0.4, 0.5) is 0 Å². The van der Waals surface area contributed by atoms with Gasteiger partial charge in [-0.25, -0.2) is 0 Å². The van der Waals surface area contributed by atoms with Crippen LogP contribution in [0.25, 0.3) is 0 Å². The van der Waals surface area contributed by atoms with Crippen LogP contribution < -0.4 is 11.1 Å². The highest BCUT2D eigenvalue weighted by atomic mass is 35.5. The summed E-state index contributed by atoms with van der Waals surface area (Å²) in [5.74, 6) is 0.342. The second kappa shape index (κ2) is 8.49. The molecule has 0 aliphatic carbocycles. The second-order valence-corrected chi connectivity index (χ2v) is 6.85. The first-order valence-corrected chi connectivity index (χ1v) is 8.25. The molecule has 1 heterocycles. The normalized spacial score (nSPS) is 16.7. The highest BCUT2D eigenvalue weighted by Gasteiger charge is 2.29. The van der Waals surface area contributed by atoms with Crippen molar-refractivity contribution in [1.29, 1.82) is 0 Å². The Kier molecular flexibility index (Phi) is 7.24. The molecule has 3 N–H and O–H groups in total. The van der Waals surface area contributed by atoms with Crippen molar-refractivity contribution in [2.75, 3.05) is 13.1 Å². The minimum absolute atomic E-state index is 0. The summed E-state index contributed by atoms with van der Waals surface area (Å²) in [5, 5.41) is 3.03. The Morgan fingerprint density at radius 1 is 1.33 bits per heavy atom. The summed E-state index contributed by atoms with van der Waals surface area (Å²) >= 11 is 0. The zero-order chi connectivity index (χ0) is 17.0. The first kappa shape index (κ1) is 20.5. The molecule has 1 aromatic carbocycles. The number of halogens is 1. The minimum Gasteiger partial charge on any atom is -0.345 e. The minimum atomic E-state index is -0.419. The summed E-state index contributed by atoms with van der Waals surface area (Å²) in [6.45, 7) is 7.89. The Labute approximate surface area is 150 Å². The van der Waals surface area contributed by atoms with E-state index in [1.807, 2.05) is 49.9 Å². The lowest BCUT2D eigenvalue weighted by molar-refractivity contribution is -0.128. The molecule has 0 bridgehead atoms. The maximum atomic E-state index is 12.4. The van der Waals surface area contributed by atoms with Gasteiger partial charge in [0.25, 0.3) is 5.91 Å². The van der Waals surface area contributed by atoms with Crippen molar-refractivity contribution in [3.05, 3.63) is 35.4 Å². The predicted molar refractivity (Wildman–Crippen MR) is 98.1 cm³/mol. The predicted octanol–water partition coefficient (Wildman–Crippen LogP) is 2.33. The lowest BCUT2D eigenvalue weighted by Crippen LogP contribution is -2.55. The first-order valence-electron chi connectivity index (χ1n) is 8.25. The molecule has 1 unspecified atom stereocenters. The Balaban J connectivity index is 0.00000288. The number of hydrogen-bond acceptors (Lipinski definition) is 3. The molecule has 0 spiro atoms. The molecule has 1 aliphatic heterocycles. The van der Waals surface area contributed by atoms with Gasteiger partial charge in [0.05, 0.1) is 5.54 Å². The topological polar surface area (TPSA) is 75.4 Å². The molecular weight excluding hydrogens is 326 g/mol. The molecule has 1 fully saturated rings. The Morgan fingerprint density at radius 2 is 1.96 bits per heavy atom. The monoisotopic (exact) mass is 353 g/mol. The average Bonchev–Trinajstić information content (AvgIpc) is 2.92. The van der Waals surface area contributed by atoms with Gasteiger partial charge >= 0.3 is 0 Å². The highest BCUT2D eigenvalue weighted by molar-refractivity contribution is 5.94. The number of amides is 2. The van der Waals surface area contributed by atoms with E-state index in [0.717, 1.165) is 18.5 Å². The van der Waals surface area contributed by atoms with Gasteiger partial charge in [0.15, 0.2) is 0 Å². The number of carbonyl (C=O) groups excluding carboxylic acids is 2. The van der Waals surface area contributed by atoms with Crippen molar-refractivity contribution in [3.8, 4) is 0 Å². The number of hydrogen-bond donors (Lipinski definition) is 2.